The summed E-state index contributed by atoms with van der Waals surface area (Å²) in [5.74, 6) is 1.02. The molecule has 20 heavy (non-hydrogen) atoms. The Morgan fingerprint density at radius 3 is 2.80 bits per heavy atom. The Balaban J connectivity index is 1.68. The van der Waals surface area contributed by atoms with Crippen molar-refractivity contribution in [2.75, 3.05) is 31.6 Å². The van der Waals surface area contributed by atoms with E-state index in [1.54, 1.807) is 0 Å². The number of nitrogens with zero attached hydrogens (tertiary/aromatic N) is 4. The predicted molar refractivity (Wildman–Crippen MR) is 80.8 cm³/mol. The molecule has 0 aromatic carbocycles. The van der Waals surface area contributed by atoms with Crippen LogP contribution in [-0.2, 0) is 6.54 Å². The second-order valence-electron chi connectivity index (χ2n) is 6.68. The van der Waals surface area contributed by atoms with Gasteiger partial charge in [0, 0.05) is 44.0 Å². The molecule has 0 bridgehead atoms. The minimum Gasteiger partial charge on any atom is -0.352 e. The number of rotatable bonds is 4. The molecule has 2 aliphatic rings. The maximum Gasteiger partial charge on any atom is 0.147 e. The maximum atomic E-state index is 4.77. The Hall–Kier alpha value is -1.20. The van der Waals surface area contributed by atoms with E-state index in [1.165, 1.54) is 12.8 Å². The average Bonchev–Trinajstić information content (AvgIpc) is 3.24. The van der Waals surface area contributed by atoms with Gasteiger partial charge in [0.05, 0.1) is 11.9 Å². The molecule has 1 saturated heterocycles. The van der Waals surface area contributed by atoms with Gasteiger partial charge >= 0.3 is 0 Å². The summed E-state index contributed by atoms with van der Waals surface area (Å²) < 4.78 is 0. The fourth-order valence-electron chi connectivity index (χ4n) is 2.60. The summed E-state index contributed by atoms with van der Waals surface area (Å²) in [5, 5.41) is 3.50. The molecule has 1 aromatic rings. The number of hydrogen-bond donors (Lipinski definition) is 1. The molecular weight excluding hydrogens is 250 g/mol. The maximum absolute atomic E-state index is 4.77. The van der Waals surface area contributed by atoms with Gasteiger partial charge in [-0.15, -0.1) is 0 Å². The van der Waals surface area contributed by atoms with Crippen molar-refractivity contribution in [1.29, 1.82) is 0 Å². The zero-order valence-corrected chi connectivity index (χ0v) is 12.8. The topological polar surface area (TPSA) is 44.3 Å². The smallest absolute Gasteiger partial charge is 0.147 e. The molecule has 0 radical (unpaired) electrons. The van der Waals surface area contributed by atoms with Crippen LogP contribution in [0.1, 0.15) is 32.4 Å². The Labute approximate surface area is 121 Å². The summed E-state index contributed by atoms with van der Waals surface area (Å²) in [7, 11) is 2.19. The monoisotopic (exact) mass is 275 g/mol. The number of aromatic nitrogens is 2. The van der Waals surface area contributed by atoms with E-state index >= 15 is 0 Å². The molecule has 1 N–H and O–H groups in total. The van der Waals surface area contributed by atoms with Gasteiger partial charge in [0.2, 0.25) is 0 Å². The summed E-state index contributed by atoms with van der Waals surface area (Å²) in [6.07, 6.45) is 6.38. The number of anilines is 1. The Morgan fingerprint density at radius 1 is 1.30 bits per heavy atom. The molecule has 1 aliphatic heterocycles. The molecule has 1 aromatic heterocycles. The lowest BCUT2D eigenvalue weighted by molar-refractivity contribution is 0.138. The zero-order chi connectivity index (χ0) is 14.2. The molecule has 5 nitrogen and oxygen atoms in total. The first kappa shape index (κ1) is 13.8. The Kier molecular flexibility index (Phi) is 3.65. The molecule has 0 spiro atoms. The molecule has 1 aliphatic carbocycles. The molecule has 0 atom stereocenters. The highest BCUT2D eigenvalue weighted by Crippen LogP contribution is 2.23. The van der Waals surface area contributed by atoms with Crippen LogP contribution in [0.5, 0.6) is 0 Å². The Bertz CT molecular complexity index is 469. The fourth-order valence-corrected chi connectivity index (χ4v) is 2.60. The lowest BCUT2D eigenvalue weighted by atomic mass is 10.00. The van der Waals surface area contributed by atoms with Crippen LogP contribution < -0.4 is 10.2 Å². The third-order valence-corrected chi connectivity index (χ3v) is 4.46. The van der Waals surface area contributed by atoms with E-state index in [0.717, 1.165) is 37.7 Å². The minimum atomic E-state index is 0.183. The summed E-state index contributed by atoms with van der Waals surface area (Å²) >= 11 is 0. The van der Waals surface area contributed by atoms with Crippen LogP contribution in [0, 0.1) is 0 Å². The minimum absolute atomic E-state index is 0.183. The molecule has 0 amide bonds. The van der Waals surface area contributed by atoms with E-state index in [0.29, 0.717) is 6.04 Å². The first-order valence-corrected chi connectivity index (χ1v) is 7.55. The molecule has 1 saturated carbocycles. The second kappa shape index (κ2) is 5.30. The predicted octanol–water partition coefficient (Wildman–Crippen LogP) is 1.26. The van der Waals surface area contributed by atoms with Gasteiger partial charge in [0.15, 0.2) is 0 Å². The molecule has 5 heteroatoms. The van der Waals surface area contributed by atoms with E-state index in [2.05, 4.69) is 41.0 Å². The lowest BCUT2D eigenvalue weighted by Crippen LogP contribution is -2.57. The SMILES string of the molecule is CN1CCN(c2cncc(CNC3CC3)n2)CC1(C)C. The summed E-state index contributed by atoms with van der Waals surface area (Å²) in [6, 6.07) is 0.711. The number of likely N-dealkylation sites (N-methyl/N-ethyl adjacent to an activating group) is 1. The van der Waals surface area contributed by atoms with Gasteiger partial charge in [0.25, 0.3) is 0 Å². The van der Waals surface area contributed by atoms with E-state index in [1.807, 2.05) is 12.4 Å². The highest BCUT2D eigenvalue weighted by atomic mass is 15.3. The molecule has 110 valence electrons. The van der Waals surface area contributed by atoms with Crippen molar-refractivity contribution in [2.45, 2.75) is 44.8 Å². The number of hydrogen-bond acceptors (Lipinski definition) is 5. The highest BCUT2D eigenvalue weighted by Gasteiger charge is 2.31. The van der Waals surface area contributed by atoms with Crippen LogP contribution >= 0.6 is 0 Å². The average molecular weight is 275 g/mol. The third kappa shape index (κ3) is 3.10. The van der Waals surface area contributed by atoms with E-state index < -0.39 is 0 Å². The molecule has 2 heterocycles. The molecular formula is C15H25N5. The van der Waals surface area contributed by atoms with Crippen molar-refractivity contribution in [2.24, 2.45) is 0 Å². The normalized spacial score (nSPS) is 23.1. The van der Waals surface area contributed by atoms with Crippen LogP contribution in [0.25, 0.3) is 0 Å². The van der Waals surface area contributed by atoms with Gasteiger partial charge in [-0.25, -0.2) is 4.98 Å². The van der Waals surface area contributed by atoms with Crippen molar-refractivity contribution in [1.82, 2.24) is 20.2 Å². The van der Waals surface area contributed by atoms with Gasteiger partial charge in [-0.05, 0) is 33.7 Å². The standard InChI is InChI=1S/C15H25N5/c1-15(2)11-20(7-6-19(15)3)14-10-16-8-13(18-14)9-17-12-4-5-12/h8,10,12,17H,4-7,9,11H2,1-3H3. The van der Waals surface area contributed by atoms with Gasteiger partial charge in [-0.3, -0.25) is 9.88 Å². The van der Waals surface area contributed by atoms with Gasteiger partial charge in [-0.2, -0.15) is 0 Å². The molecule has 3 rings (SSSR count). The third-order valence-electron chi connectivity index (χ3n) is 4.46. The first-order valence-electron chi connectivity index (χ1n) is 7.55. The van der Waals surface area contributed by atoms with Gasteiger partial charge in [0.1, 0.15) is 5.82 Å². The first-order chi connectivity index (χ1) is 9.54. The number of piperazine rings is 1. The zero-order valence-electron chi connectivity index (χ0n) is 12.8. The lowest BCUT2D eigenvalue weighted by Gasteiger charge is -2.45. The largest absolute Gasteiger partial charge is 0.352 e. The van der Waals surface area contributed by atoms with Crippen LogP contribution in [0.3, 0.4) is 0 Å². The summed E-state index contributed by atoms with van der Waals surface area (Å²) in [4.78, 5) is 13.9. The van der Waals surface area contributed by atoms with Gasteiger partial charge < -0.3 is 10.2 Å². The Morgan fingerprint density at radius 2 is 2.10 bits per heavy atom. The second-order valence-corrected chi connectivity index (χ2v) is 6.68. The molecule has 2 fully saturated rings. The van der Waals surface area contributed by atoms with Gasteiger partial charge in [-0.1, -0.05) is 0 Å². The van der Waals surface area contributed by atoms with E-state index in [4.69, 9.17) is 4.98 Å². The van der Waals surface area contributed by atoms with Crippen LogP contribution in [0.2, 0.25) is 0 Å². The van der Waals surface area contributed by atoms with Crippen LogP contribution in [-0.4, -0.2) is 53.1 Å². The highest BCUT2D eigenvalue weighted by molar-refractivity contribution is 5.38. The van der Waals surface area contributed by atoms with Crippen molar-refractivity contribution < 1.29 is 0 Å². The molecule has 0 unspecified atom stereocenters. The summed E-state index contributed by atoms with van der Waals surface area (Å²) in [5.41, 5.74) is 1.23. The quantitative estimate of drug-likeness (QED) is 0.896. The number of nitrogens with one attached hydrogen (secondary N) is 1. The van der Waals surface area contributed by atoms with Crippen LogP contribution in [0.4, 0.5) is 5.82 Å². The van der Waals surface area contributed by atoms with E-state index in [9.17, 15) is 0 Å². The van der Waals surface area contributed by atoms with Crippen molar-refractivity contribution in [3.63, 3.8) is 0 Å². The van der Waals surface area contributed by atoms with Crippen molar-refractivity contribution in [3.05, 3.63) is 18.1 Å². The summed E-state index contributed by atoms with van der Waals surface area (Å²) in [6.45, 7) is 8.49. The van der Waals surface area contributed by atoms with Crippen molar-refractivity contribution in [3.8, 4) is 0 Å². The fraction of sp³-hybridized carbons (Fsp3) is 0.733. The van der Waals surface area contributed by atoms with Crippen molar-refractivity contribution >= 4 is 5.82 Å². The van der Waals surface area contributed by atoms with E-state index in [-0.39, 0.29) is 5.54 Å². The van der Waals surface area contributed by atoms with Crippen LogP contribution in [0.15, 0.2) is 12.4 Å².